The van der Waals surface area contributed by atoms with E-state index in [2.05, 4.69) is 0 Å². The Hall–Kier alpha value is -2.15. The number of rotatable bonds is 5. The lowest BCUT2D eigenvalue weighted by atomic mass is 10.2. The Morgan fingerprint density at radius 1 is 1.29 bits per heavy atom. The molecule has 0 bridgehead atoms. The number of carbonyl (C=O) groups is 2. The van der Waals surface area contributed by atoms with E-state index in [0.717, 1.165) is 5.56 Å². The van der Waals surface area contributed by atoms with Gasteiger partial charge < -0.3 is 9.64 Å². The van der Waals surface area contributed by atoms with E-state index in [1.54, 1.807) is 6.08 Å². The highest BCUT2D eigenvalue weighted by Crippen LogP contribution is 2.17. The molecule has 1 amide bonds. The molecule has 1 aromatic rings. The number of hydrogen-bond acceptors (Lipinski definition) is 5. The van der Waals surface area contributed by atoms with Gasteiger partial charge in [0.1, 0.15) is 0 Å². The van der Waals surface area contributed by atoms with Crippen LogP contribution in [0.15, 0.2) is 36.4 Å². The molecule has 1 aliphatic rings. The first kappa shape index (κ1) is 18.2. The number of hydrogen-bond donors (Lipinski definition) is 0. The van der Waals surface area contributed by atoms with Crippen molar-refractivity contribution < 1.29 is 22.7 Å². The van der Waals surface area contributed by atoms with Crippen molar-refractivity contribution in [2.45, 2.75) is 25.5 Å². The summed E-state index contributed by atoms with van der Waals surface area (Å²) in [6.45, 7) is 1.48. The number of ether oxygens (including phenoxy) is 1. The van der Waals surface area contributed by atoms with E-state index in [1.165, 1.54) is 24.9 Å². The molecule has 0 aliphatic carbocycles. The van der Waals surface area contributed by atoms with Gasteiger partial charge in [0.25, 0.3) is 5.91 Å². The lowest BCUT2D eigenvalue weighted by molar-refractivity contribution is -0.155. The third-order valence-electron chi connectivity index (χ3n) is 3.96. The van der Waals surface area contributed by atoms with Gasteiger partial charge in [-0.2, -0.15) is 0 Å². The Morgan fingerprint density at radius 2 is 1.96 bits per heavy atom. The second-order valence-corrected chi connectivity index (χ2v) is 8.06. The Labute approximate surface area is 142 Å². The highest BCUT2D eigenvalue weighted by molar-refractivity contribution is 7.91. The van der Waals surface area contributed by atoms with Gasteiger partial charge in [0.2, 0.25) is 0 Å². The summed E-state index contributed by atoms with van der Waals surface area (Å²) >= 11 is 0. The van der Waals surface area contributed by atoms with Crippen molar-refractivity contribution in [1.29, 1.82) is 0 Å². The first-order valence-electron chi connectivity index (χ1n) is 7.69. The number of likely N-dealkylation sites (N-methyl/N-ethyl adjacent to an activating group) is 1. The minimum atomic E-state index is -3.07. The SMILES string of the molecule is CC(OC(=O)/C=C/c1ccccc1)C(=O)N(C)C1CCS(=O)(=O)C1. The van der Waals surface area contributed by atoms with Crippen LogP contribution in [-0.2, 0) is 24.2 Å². The molecule has 0 aromatic heterocycles. The standard InChI is InChI=1S/C17H21NO5S/c1-13(17(20)18(2)15-10-11-24(21,22)12-15)23-16(19)9-8-14-6-4-3-5-7-14/h3-9,13,15H,10-12H2,1-2H3/b9-8+. The molecule has 1 aliphatic heterocycles. The quantitative estimate of drug-likeness (QED) is 0.590. The maximum Gasteiger partial charge on any atom is 0.331 e. The Kier molecular flexibility index (Phi) is 5.77. The van der Waals surface area contributed by atoms with Gasteiger partial charge in [0, 0.05) is 19.2 Å². The van der Waals surface area contributed by atoms with Crippen LogP contribution in [0.3, 0.4) is 0 Å². The van der Waals surface area contributed by atoms with E-state index in [4.69, 9.17) is 4.74 Å². The van der Waals surface area contributed by atoms with Gasteiger partial charge in [-0.15, -0.1) is 0 Å². The van der Waals surface area contributed by atoms with E-state index in [1.807, 2.05) is 30.3 Å². The zero-order valence-corrected chi connectivity index (χ0v) is 14.5. The van der Waals surface area contributed by atoms with Crippen molar-refractivity contribution in [3.05, 3.63) is 42.0 Å². The molecular formula is C17H21NO5S. The summed E-state index contributed by atoms with van der Waals surface area (Å²) in [5.41, 5.74) is 0.849. The van der Waals surface area contributed by atoms with Crippen molar-refractivity contribution in [2.75, 3.05) is 18.6 Å². The van der Waals surface area contributed by atoms with Crippen LogP contribution in [0.1, 0.15) is 18.9 Å². The van der Waals surface area contributed by atoms with Gasteiger partial charge in [-0.1, -0.05) is 30.3 Å². The fourth-order valence-electron chi connectivity index (χ4n) is 2.54. The molecule has 2 unspecified atom stereocenters. The molecular weight excluding hydrogens is 330 g/mol. The molecule has 0 radical (unpaired) electrons. The van der Waals surface area contributed by atoms with Crippen molar-refractivity contribution >= 4 is 27.8 Å². The minimum Gasteiger partial charge on any atom is -0.449 e. The summed E-state index contributed by atoms with van der Waals surface area (Å²) in [5, 5.41) is 0. The molecule has 1 heterocycles. The van der Waals surface area contributed by atoms with Crippen LogP contribution in [0.4, 0.5) is 0 Å². The van der Waals surface area contributed by atoms with Gasteiger partial charge in [0.15, 0.2) is 15.9 Å². The maximum absolute atomic E-state index is 12.3. The number of benzene rings is 1. The lowest BCUT2D eigenvalue weighted by Gasteiger charge is -2.26. The van der Waals surface area contributed by atoms with Gasteiger partial charge in [-0.25, -0.2) is 13.2 Å². The Morgan fingerprint density at radius 3 is 2.54 bits per heavy atom. The van der Waals surface area contributed by atoms with Crippen molar-refractivity contribution in [2.24, 2.45) is 0 Å². The van der Waals surface area contributed by atoms with Crippen LogP contribution in [-0.4, -0.2) is 55.9 Å². The highest BCUT2D eigenvalue weighted by atomic mass is 32.2. The van der Waals surface area contributed by atoms with Crippen LogP contribution >= 0.6 is 0 Å². The number of esters is 1. The fourth-order valence-corrected chi connectivity index (χ4v) is 4.31. The van der Waals surface area contributed by atoms with E-state index in [0.29, 0.717) is 6.42 Å². The van der Waals surface area contributed by atoms with E-state index in [-0.39, 0.29) is 17.5 Å². The molecule has 1 fully saturated rings. The molecule has 130 valence electrons. The predicted octanol–water partition coefficient (Wildman–Crippen LogP) is 1.28. The third kappa shape index (κ3) is 4.92. The monoisotopic (exact) mass is 351 g/mol. The molecule has 24 heavy (non-hydrogen) atoms. The van der Waals surface area contributed by atoms with E-state index in [9.17, 15) is 18.0 Å². The van der Waals surface area contributed by atoms with Gasteiger partial charge in [0.05, 0.1) is 11.5 Å². The molecule has 2 rings (SSSR count). The number of nitrogens with zero attached hydrogens (tertiary/aromatic N) is 1. The second-order valence-electron chi connectivity index (χ2n) is 5.83. The first-order valence-corrected chi connectivity index (χ1v) is 9.51. The van der Waals surface area contributed by atoms with Gasteiger partial charge in [-0.3, -0.25) is 4.79 Å². The van der Waals surface area contributed by atoms with Gasteiger partial charge in [-0.05, 0) is 25.0 Å². The average molecular weight is 351 g/mol. The average Bonchev–Trinajstić information content (AvgIpc) is 2.92. The van der Waals surface area contributed by atoms with Crippen LogP contribution in [0.2, 0.25) is 0 Å². The predicted molar refractivity (Wildman–Crippen MR) is 90.9 cm³/mol. The van der Waals surface area contributed by atoms with Crippen LogP contribution in [0.5, 0.6) is 0 Å². The fraction of sp³-hybridized carbons (Fsp3) is 0.412. The topological polar surface area (TPSA) is 80.8 Å². The zero-order chi connectivity index (χ0) is 17.7. The van der Waals surface area contributed by atoms with Crippen molar-refractivity contribution in [3.8, 4) is 0 Å². The first-order chi connectivity index (χ1) is 11.3. The maximum atomic E-state index is 12.3. The summed E-state index contributed by atoms with van der Waals surface area (Å²) in [6.07, 6.45) is 2.32. The molecule has 6 nitrogen and oxygen atoms in total. The summed E-state index contributed by atoms with van der Waals surface area (Å²) in [7, 11) is -1.54. The van der Waals surface area contributed by atoms with E-state index >= 15 is 0 Å². The van der Waals surface area contributed by atoms with Crippen LogP contribution in [0.25, 0.3) is 6.08 Å². The highest BCUT2D eigenvalue weighted by Gasteiger charge is 2.34. The number of sulfone groups is 1. The summed E-state index contributed by atoms with van der Waals surface area (Å²) in [6, 6.07) is 8.89. The van der Waals surface area contributed by atoms with E-state index < -0.39 is 27.8 Å². The van der Waals surface area contributed by atoms with Crippen LogP contribution in [0, 0.1) is 0 Å². The molecule has 2 atom stereocenters. The molecule has 1 saturated heterocycles. The summed E-state index contributed by atoms with van der Waals surface area (Å²) in [4.78, 5) is 25.4. The molecule has 0 saturated carbocycles. The number of carbonyl (C=O) groups excluding carboxylic acids is 2. The van der Waals surface area contributed by atoms with Crippen molar-refractivity contribution in [3.63, 3.8) is 0 Å². The Bertz CT molecular complexity index is 727. The summed E-state index contributed by atoms with van der Waals surface area (Å²) in [5.74, 6) is -0.974. The molecule has 0 N–H and O–H groups in total. The second kappa shape index (κ2) is 7.61. The smallest absolute Gasteiger partial charge is 0.331 e. The molecule has 0 spiro atoms. The minimum absolute atomic E-state index is 0.0379. The van der Waals surface area contributed by atoms with Gasteiger partial charge >= 0.3 is 5.97 Å². The summed E-state index contributed by atoms with van der Waals surface area (Å²) < 4.78 is 28.1. The lowest BCUT2D eigenvalue weighted by Crippen LogP contribution is -2.44. The Balaban J connectivity index is 1.89. The van der Waals surface area contributed by atoms with Crippen molar-refractivity contribution in [1.82, 2.24) is 4.90 Å². The molecule has 1 aromatic carbocycles. The largest absolute Gasteiger partial charge is 0.449 e. The third-order valence-corrected chi connectivity index (χ3v) is 5.71. The van der Waals surface area contributed by atoms with Crippen LogP contribution < -0.4 is 0 Å². The normalized spacial score (nSPS) is 20.7. The molecule has 7 heteroatoms. The zero-order valence-electron chi connectivity index (χ0n) is 13.7. The number of amides is 1.